The van der Waals surface area contributed by atoms with Crippen LogP contribution in [0.3, 0.4) is 0 Å². The molecule has 2 aliphatic carbocycles. The molecular weight excluding hydrogens is 746 g/mol. The third kappa shape index (κ3) is 7.86. The summed E-state index contributed by atoms with van der Waals surface area (Å²) in [5, 5.41) is 27.8. The molecule has 3 aromatic carbocycles. The molecule has 8 atom stereocenters. The van der Waals surface area contributed by atoms with Crippen LogP contribution in [-0.4, -0.2) is 88.8 Å². The number of carbonyl (C=O) groups excluding carboxylic acids is 6. The summed E-state index contributed by atoms with van der Waals surface area (Å²) in [4.78, 5) is 83.8. The molecular formula is C45H49NO12. The first-order chi connectivity index (χ1) is 27.5. The number of hydrogen-bond acceptors (Lipinski definition) is 12. The maximum Gasteiger partial charge on any atom is 0.338 e. The van der Waals surface area contributed by atoms with Gasteiger partial charge < -0.3 is 34.5 Å². The Morgan fingerprint density at radius 3 is 2.03 bits per heavy atom. The number of benzene rings is 3. The fourth-order valence-corrected chi connectivity index (χ4v) is 8.89. The SMILES string of the molecule is CC(=O)O[C@H]1C(=O)[C@]2(C)CCCOCC(=O)[C@H]2[C@H](OC(=O)c2ccccc2)[C@]2(O)C[C@H](OC(=O)[C@H](O)[C@@H](NC(=O)c3ccccc3)c3ccccc3)C(C)=C1C2(C)C. The van der Waals surface area contributed by atoms with E-state index in [0.29, 0.717) is 12.0 Å². The van der Waals surface area contributed by atoms with Gasteiger partial charge in [0.25, 0.3) is 5.91 Å². The fraction of sp³-hybridized carbons (Fsp3) is 0.422. The van der Waals surface area contributed by atoms with Crippen LogP contribution in [0.15, 0.2) is 102 Å². The summed E-state index contributed by atoms with van der Waals surface area (Å²) < 4.78 is 23.7. The van der Waals surface area contributed by atoms with Crippen molar-refractivity contribution in [3.8, 4) is 0 Å². The van der Waals surface area contributed by atoms with E-state index in [1.807, 2.05) is 0 Å². The second-order valence-electron chi connectivity index (χ2n) is 16.0. The van der Waals surface area contributed by atoms with Crippen LogP contribution in [0.4, 0.5) is 0 Å². The lowest BCUT2D eigenvalue weighted by molar-refractivity contribution is -0.213. The fourth-order valence-electron chi connectivity index (χ4n) is 8.89. The number of amides is 1. The van der Waals surface area contributed by atoms with Crippen LogP contribution in [0.5, 0.6) is 0 Å². The molecule has 1 aliphatic heterocycles. The van der Waals surface area contributed by atoms with Crippen LogP contribution in [0.2, 0.25) is 0 Å². The Bertz CT molecular complexity index is 2080. The molecule has 2 fully saturated rings. The van der Waals surface area contributed by atoms with Gasteiger partial charge in [0.2, 0.25) is 0 Å². The van der Waals surface area contributed by atoms with Crippen molar-refractivity contribution in [2.75, 3.05) is 13.2 Å². The second kappa shape index (κ2) is 16.8. The Hall–Kier alpha value is -5.50. The predicted molar refractivity (Wildman–Crippen MR) is 208 cm³/mol. The lowest BCUT2D eigenvalue weighted by atomic mass is 9.50. The molecule has 1 saturated heterocycles. The Balaban J connectivity index is 1.48. The number of ketones is 2. The number of nitrogens with one attached hydrogen (secondary N) is 1. The van der Waals surface area contributed by atoms with Gasteiger partial charge in [-0.05, 0) is 60.7 Å². The zero-order valence-corrected chi connectivity index (χ0v) is 33.1. The first-order valence-electron chi connectivity index (χ1n) is 19.3. The molecule has 13 heteroatoms. The number of Topliss-reactive ketones (excluding diaryl/α,β-unsaturated/α-hetero) is 2. The van der Waals surface area contributed by atoms with E-state index >= 15 is 4.79 Å². The second-order valence-corrected chi connectivity index (χ2v) is 16.0. The van der Waals surface area contributed by atoms with Gasteiger partial charge in [-0.3, -0.25) is 19.2 Å². The average molecular weight is 796 g/mol. The van der Waals surface area contributed by atoms with Gasteiger partial charge in [-0.15, -0.1) is 0 Å². The van der Waals surface area contributed by atoms with Crippen molar-refractivity contribution in [3.05, 3.63) is 119 Å². The predicted octanol–water partition coefficient (Wildman–Crippen LogP) is 4.65. The standard InChI is InChI=1S/C45H49NO12/c1-26-32(57-42(53)36(49)35(28-16-9-6-10-17-28)46-40(51)29-18-11-7-12-19-29)24-45(54)39(58-41(52)30-20-13-8-14-21-30)34-31(48)25-55-23-15-22-44(34,5)38(50)37(56-27(2)47)33(26)43(45,3)4/h6-14,16-21,32,34-37,39,49,54H,15,22-25H2,1-5H3,(H,46,51)/t32-,34-,35-,36+,37+,39-,44+,45+/m0/s1. The summed E-state index contributed by atoms with van der Waals surface area (Å²) in [5.41, 5.74) is -4.40. The number of rotatable bonds is 9. The molecule has 1 amide bonds. The Morgan fingerprint density at radius 1 is 0.845 bits per heavy atom. The molecule has 0 unspecified atom stereocenters. The van der Waals surface area contributed by atoms with Crippen LogP contribution < -0.4 is 5.32 Å². The van der Waals surface area contributed by atoms with Crippen LogP contribution in [0.25, 0.3) is 0 Å². The van der Waals surface area contributed by atoms with Crippen molar-refractivity contribution in [2.24, 2.45) is 16.7 Å². The maximum atomic E-state index is 15.1. The van der Waals surface area contributed by atoms with E-state index in [2.05, 4.69) is 5.32 Å². The Labute approximate surface area is 336 Å². The van der Waals surface area contributed by atoms with Crippen LogP contribution in [-0.2, 0) is 38.1 Å². The molecule has 2 bridgehead atoms. The summed E-state index contributed by atoms with van der Waals surface area (Å²) in [6.07, 6.45) is -6.90. The molecule has 306 valence electrons. The minimum atomic E-state index is -2.29. The minimum absolute atomic E-state index is 0.0579. The van der Waals surface area contributed by atoms with Gasteiger partial charge in [-0.2, -0.15) is 0 Å². The van der Waals surface area contributed by atoms with E-state index in [9.17, 15) is 34.2 Å². The van der Waals surface area contributed by atoms with Gasteiger partial charge in [0.1, 0.15) is 24.4 Å². The van der Waals surface area contributed by atoms with Crippen molar-refractivity contribution in [1.82, 2.24) is 5.32 Å². The lowest BCUT2D eigenvalue weighted by Crippen LogP contribution is -2.70. The molecule has 0 radical (unpaired) electrons. The van der Waals surface area contributed by atoms with E-state index in [0.717, 1.165) is 6.92 Å². The number of hydrogen-bond donors (Lipinski definition) is 3. The van der Waals surface area contributed by atoms with Crippen LogP contribution in [0.1, 0.15) is 86.2 Å². The zero-order valence-electron chi connectivity index (χ0n) is 33.1. The molecule has 6 rings (SSSR count). The van der Waals surface area contributed by atoms with E-state index in [1.165, 1.54) is 12.1 Å². The van der Waals surface area contributed by atoms with Crippen molar-refractivity contribution in [2.45, 2.75) is 89.9 Å². The summed E-state index contributed by atoms with van der Waals surface area (Å²) >= 11 is 0. The smallest absolute Gasteiger partial charge is 0.338 e. The highest BCUT2D eigenvalue weighted by Gasteiger charge is 2.69. The molecule has 3 aromatic rings. The van der Waals surface area contributed by atoms with E-state index < -0.39 is 101 Å². The van der Waals surface area contributed by atoms with Gasteiger partial charge in [-0.25, -0.2) is 9.59 Å². The van der Waals surface area contributed by atoms with Crippen molar-refractivity contribution in [1.29, 1.82) is 0 Å². The van der Waals surface area contributed by atoms with Crippen LogP contribution >= 0.6 is 0 Å². The highest BCUT2D eigenvalue weighted by atomic mass is 16.6. The number of ether oxygens (including phenoxy) is 4. The number of fused-ring (bicyclic) bond motifs is 3. The Morgan fingerprint density at radius 2 is 1.43 bits per heavy atom. The molecule has 0 spiro atoms. The zero-order chi connectivity index (χ0) is 42.0. The molecule has 1 saturated carbocycles. The molecule has 1 heterocycles. The Kier molecular flexibility index (Phi) is 12.2. The number of aliphatic hydroxyl groups is 2. The third-order valence-electron chi connectivity index (χ3n) is 12.1. The summed E-state index contributed by atoms with van der Waals surface area (Å²) in [6.45, 7) is 7.13. The highest BCUT2D eigenvalue weighted by Crippen LogP contribution is 2.59. The monoisotopic (exact) mass is 795 g/mol. The first-order valence-corrected chi connectivity index (χ1v) is 19.3. The summed E-state index contributed by atoms with van der Waals surface area (Å²) in [5.74, 6) is -6.25. The number of aliphatic hydroxyl groups excluding tert-OH is 1. The summed E-state index contributed by atoms with van der Waals surface area (Å²) in [7, 11) is 0. The van der Waals surface area contributed by atoms with Crippen molar-refractivity contribution < 1.29 is 57.9 Å². The maximum absolute atomic E-state index is 15.1. The molecule has 13 nitrogen and oxygen atoms in total. The molecule has 3 N–H and O–H groups in total. The van der Waals surface area contributed by atoms with Crippen molar-refractivity contribution >= 4 is 35.4 Å². The minimum Gasteiger partial charge on any atom is -0.456 e. The highest BCUT2D eigenvalue weighted by molar-refractivity contribution is 6.00. The van der Waals surface area contributed by atoms with Gasteiger partial charge in [-0.1, -0.05) is 87.5 Å². The van der Waals surface area contributed by atoms with Crippen LogP contribution in [0, 0.1) is 16.7 Å². The molecule has 0 aromatic heterocycles. The van der Waals surface area contributed by atoms with Gasteiger partial charge in [0, 0.05) is 36.3 Å². The topological polar surface area (TPSA) is 192 Å². The number of esters is 3. The van der Waals surface area contributed by atoms with Crippen molar-refractivity contribution in [3.63, 3.8) is 0 Å². The van der Waals surface area contributed by atoms with Gasteiger partial charge in [0.15, 0.2) is 23.8 Å². The normalized spacial score (nSPS) is 27.9. The molecule has 3 aliphatic rings. The van der Waals surface area contributed by atoms with Gasteiger partial charge in [0.05, 0.1) is 17.5 Å². The third-order valence-corrected chi connectivity index (χ3v) is 12.1. The van der Waals surface area contributed by atoms with Gasteiger partial charge >= 0.3 is 17.9 Å². The van der Waals surface area contributed by atoms with E-state index in [1.54, 1.807) is 107 Å². The van der Waals surface area contributed by atoms with E-state index in [4.69, 9.17) is 18.9 Å². The summed E-state index contributed by atoms with van der Waals surface area (Å²) in [6, 6.07) is 23.2. The largest absolute Gasteiger partial charge is 0.456 e. The van der Waals surface area contributed by atoms with E-state index in [-0.39, 0.29) is 35.3 Å². The average Bonchev–Trinajstić information content (AvgIpc) is 3.20. The lowest BCUT2D eigenvalue weighted by Gasteiger charge is -2.59. The molecule has 58 heavy (non-hydrogen) atoms. The quantitative estimate of drug-likeness (QED) is 0.155. The number of carbonyl (C=O) groups is 6. The first kappa shape index (κ1) is 42.1.